The van der Waals surface area contributed by atoms with Gasteiger partial charge in [0, 0.05) is 48.2 Å². The van der Waals surface area contributed by atoms with E-state index in [1.807, 2.05) is 30.3 Å². The third kappa shape index (κ3) is 2.96. The Bertz CT molecular complexity index is 1430. The molecule has 0 spiro atoms. The number of nitrogens with one attached hydrogen (secondary N) is 3. The van der Waals surface area contributed by atoms with E-state index in [9.17, 15) is 13.2 Å². The van der Waals surface area contributed by atoms with Crippen LogP contribution >= 0.6 is 0 Å². The second-order valence-electron chi connectivity index (χ2n) is 7.56. The topological polar surface area (TPSA) is 98.1 Å². The molecule has 1 aliphatic rings. The number of hydrogen-bond donors (Lipinski definition) is 3. The lowest BCUT2D eigenvalue weighted by Gasteiger charge is -2.26. The van der Waals surface area contributed by atoms with Gasteiger partial charge in [-0.1, -0.05) is 30.3 Å². The average Bonchev–Trinajstić information content (AvgIpc) is 3.13. The fourth-order valence-electron chi connectivity index (χ4n) is 4.17. The molecule has 7 nitrogen and oxygen atoms in total. The molecule has 154 valence electrons. The lowest BCUT2D eigenvalue weighted by atomic mass is 10.0. The van der Waals surface area contributed by atoms with Crippen molar-refractivity contribution >= 4 is 32.0 Å². The summed E-state index contributed by atoms with van der Waals surface area (Å²) < 4.78 is 27.8. The highest BCUT2D eigenvalue weighted by Gasteiger charge is 2.26. The Hall–Kier alpha value is -2.94. The van der Waals surface area contributed by atoms with Gasteiger partial charge >= 0.3 is 0 Å². The third-order valence-corrected chi connectivity index (χ3v) is 7.64. The van der Waals surface area contributed by atoms with E-state index in [1.54, 1.807) is 25.1 Å². The maximum atomic E-state index is 13.1. The van der Waals surface area contributed by atoms with Crippen molar-refractivity contribution in [3.63, 3.8) is 0 Å². The summed E-state index contributed by atoms with van der Waals surface area (Å²) in [5.74, 6) is 0. The van der Waals surface area contributed by atoms with E-state index in [-0.39, 0.29) is 10.5 Å². The normalized spacial score (nSPS) is 15.8. The number of aromatic amines is 2. The molecule has 0 radical (unpaired) electrons. The van der Waals surface area contributed by atoms with Gasteiger partial charge in [0.05, 0.1) is 15.9 Å². The fourth-order valence-corrected chi connectivity index (χ4v) is 5.66. The summed E-state index contributed by atoms with van der Waals surface area (Å²) >= 11 is 0. The van der Waals surface area contributed by atoms with Crippen LogP contribution in [-0.2, 0) is 10.0 Å². The van der Waals surface area contributed by atoms with Crippen LogP contribution in [-0.4, -0.2) is 48.9 Å². The molecule has 4 aromatic rings. The Morgan fingerprint density at radius 3 is 2.50 bits per heavy atom. The molecule has 3 N–H and O–H groups in total. The molecule has 30 heavy (non-hydrogen) atoms. The van der Waals surface area contributed by atoms with E-state index in [4.69, 9.17) is 0 Å². The lowest BCUT2D eigenvalue weighted by molar-refractivity contribution is 0.360. The van der Waals surface area contributed by atoms with Gasteiger partial charge in [0.1, 0.15) is 0 Å². The minimum Gasteiger partial charge on any atom is -0.353 e. The quantitative estimate of drug-likeness (QED) is 0.473. The minimum absolute atomic E-state index is 0.183. The summed E-state index contributed by atoms with van der Waals surface area (Å²) in [6, 6.07) is 14.6. The molecule has 2 aromatic heterocycles. The van der Waals surface area contributed by atoms with E-state index < -0.39 is 10.0 Å². The number of fused-ring (bicyclic) bond motifs is 3. The molecule has 1 aliphatic heterocycles. The summed E-state index contributed by atoms with van der Waals surface area (Å²) in [7, 11) is -3.60. The number of pyridine rings is 1. The van der Waals surface area contributed by atoms with E-state index >= 15 is 0 Å². The largest absolute Gasteiger partial charge is 0.353 e. The average molecular weight is 423 g/mol. The molecule has 0 bridgehead atoms. The van der Waals surface area contributed by atoms with Crippen LogP contribution in [0.15, 0.2) is 58.2 Å². The Labute approximate surface area is 173 Å². The van der Waals surface area contributed by atoms with Crippen LogP contribution in [0.1, 0.15) is 5.56 Å². The van der Waals surface area contributed by atoms with Crippen LogP contribution in [0.2, 0.25) is 0 Å². The van der Waals surface area contributed by atoms with Crippen molar-refractivity contribution in [1.29, 1.82) is 0 Å². The zero-order valence-electron chi connectivity index (χ0n) is 16.5. The van der Waals surface area contributed by atoms with Gasteiger partial charge < -0.3 is 15.3 Å². The number of benzene rings is 2. The van der Waals surface area contributed by atoms with Crippen LogP contribution in [0.4, 0.5) is 0 Å². The predicted octanol–water partition coefficient (Wildman–Crippen LogP) is 2.58. The fraction of sp³-hybridized carbons (Fsp3) is 0.227. The van der Waals surface area contributed by atoms with Crippen molar-refractivity contribution in [3.05, 3.63) is 64.4 Å². The Morgan fingerprint density at radius 2 is 1.70 bits per heavy atom. The van der Waals surface area contributed by atoms with Crippen LogP contribution in [0.5, 0.6) is 0 Å². The summed E-state index contributed by atoms with van der Waals surface area (Å²) in [4.78, 5) is 19.3. The molecule has 1 saturated heterocycles. The first-order valence-electron chi connectivity index (χ1n) is 9.91. The second-order valence-corrected chi connectivity index (χ2v) is 9.49. The van der Waals surface area contributed by atoms with Gasteiger partial charge in [0.25, 0.3) is 5.56 Å². The van der Waals surface area contributed by atoms with Gasteiger partial charge in [0.15, 0.2) is 0 Å². The molecule has 5 rings (SSSR count). The van der Waals surface area contributed by atoms with E-state index in [0.29, 0.717) is 37.3 Å². The van der Waals surface area contributed by atoms with Crippen molar-refractivity contribution < 1.29 is 8.42 Å². The first-order chi connectivity index (χ1) is 14.5. The number of sulfonamides is 1. The SMILES string of the molecule is Cc1c(-c2cccc(S(=O)(=O)N3CCNCC3)c2)c2[nH]c3ccccc3c2[nH]c1=O. The number of aromatic nitrogens is 2. The molecule has 0 saturated carbocycles. The molecular formula is C22H22N4O3S. The van der Waals surface area contributed by atoms with Crippen LogP contribution in [0.3, 0.4) is 0 Å². The first kappa shape index (κ1) is 19.0. The molecule has 8 heteroatoms. The summed E-state index contributed by atoms with van der Waals surface area (Å²) in [6.45, 7) is 3.94. The zero-order valence-corrected chi connectivity index (χ0v) is 17.3. The highest BCUT2D eigenvalue weighted by Crippen LogP contribution is 2.34. The predicted molar refractivity (Wildman–Crippen MR) is 118 cm³/mol. The summed E-state index contributed by atoms with van der Waals surface area (Å²) in [5.41, 5.74) is 4.23. The number of H-pyrrole nitrogens is 2. The number of para-hydroxylation sites is 1. The minimum atomic E-state index is -3.60. The van der Waals surface area contributed by atoms with Crippen molar-refractivity contribution in [1.82, 2.24) is 19.6 Å². The second kappa shape index (κ2) is 7.09. The maximum absolute atomic E-state index is 13.1. The van der Waals surface area contributed by atoms with E-state index in [0.717, 1.165) is 27.5 Å². The molecule has 1 fully saturated rings. The van der Waals surface area contributed by atoms with Gasteiger partial charge in [-0.15, -0.1) is 0 Å². The van der Waals surface area contributed by atoms with E-state index in [2.05, 4.69) is 15.3 Å². The van der Waals surface area contributed by atoms with Gasteiger partial charge in [-0.25, -0.2) is 8.42 Å². The number of piperazine rings is 1. The van der Waals surface area contributed by atoms with Crippen molar-refractivity contribution in [2.45, 2.75) is 11.8 Å². The van der Waals surface area contributed by atoms with Crippen molar-refractivity contribution in [2.75, 3.05) is 26.2 Å². The van der Waals surface area contributed by atoms with Crippen LogP contribution < -0.4 is 10.9 Å². The number of hydrogen-bond acceptors (Lipinski definition) is 4. The Kier molecular flexibility index (Phi) is 4.50. The Morgan fingerprint density at radius 1 is 0.933 bits per heavy atom. The van der Waals surface area contributed by atoms with Gasteiger partial charge in [-0.2, -0.15) is 4.31 Å². The van der Waals surface area contributed by atoms with Crippen molar-refractivity contribution in [3.8, 4) is 11.1 Å². The third-order valence-electron chi connectivity index (χ3n) is 5.75. The molecule has 3 heterocycles. The highest BCUT2D eigenvalue weighted by molar-refractivity contribution is 7.89. The zero-order chi connectivity index (χ0) is 20.9. The molecule has 2 aromatic carbocycles. The van der Waals surface area contributed by atoms with Gasteiger partial charge in [-0.05, 0) is 30.7 Å². The first-order valence-corrected chi connectivity index (χ1v) is 11.4. The molecule has 0 unspecified atom stereocenters. The molecule has 0 amide bonds. The van der Waals surface area contributed by atoms with E-state index in [1.165, 1.54) is 4.31 Å². The lowest BCUT2D eigenvalue weighted by Crippen LogP contribution is -2.46. The molecule has 0 aliphatic carbocycles. The number of rotatable bonds is 3. The Balaban J connectivity index is 1.72. The van der Waals surface area contributed by atoms with Crippen molar-refractivity contribution in [2.24, 2.45) is 0 Å². The van der Waals surface area contributed by atoms with Crippen LogP contribution in [0, 0.1) is 6.92 Å². The standard InChI is InChI=1S/C22H22N4O3S/c1-14-19(21-20(25-22(14)27)17-7-2-3-8-18(17)24-21)15-5-4-6-16(13-15)30(28,29)26-11-9-23-10-12-26/h2-8,13,23-24H,9-12H2,1H3,(H,25,27). The maximum Gasteiger partial charge on any atom is 0.252 e. The number of nitrogens with zero attached hydrogens (tertiary/aromatic N) is 1. The van der Waals surface area contributed by atoms with Gasteiger partial charge in [-0.3, -0.25) is 4.79 Å². The monoisotopic (exact) mass is 422 g/mol. The van der Waals surface area contributed by atoms with Crippen LogP contribution in [0.25, 0.3) is 33.1 Å². The molecular weight excluding hydrogens is 400 g/mol. The van der Waals surface area contributed by atoms with Gasteiger partial charge in [0.2, 0.25) is 10.0 Å². The highest BCUT2D eigenvalue weighted by atomic mass is 32.2. The smallest absolute Gasteiger partial charge is 0.252 e. The summed E-state index contributed by atoms with van der Waals surface area (Å²) in [5, 5.41) is 4.10. The molecule has 0 atom stereocenters. The summed E-state index contributed by atoms with van der Waals surface area (Å²) in [6.07, 6.45) is 0.